The highest BCUT2D eigenvalue weighted by molar-refractivity contribution is 5.89. The molecule has 1 aliphatic rings. The molecule has 0 radical (unpaired) electrons. The zero-order valence-corrected chi connectivity index (χ0v) is 20.2. The molecule has 2 atom stereocenters. The Morgan fingerprint density at radius 2 is 1.46 bits per heavy atom. The normalized spacial score (nSPS) is 18.1. The molecule has 15 heteroatoms. The first-order valence-corrected chi connectivity index (χ1v) is 11.1. The summed E-state index contributed by atoms with van der Waals surface area (Å²) in [4.78, 5) is 26.2. The zero-order valence-electron chi connectivity index (χ0n) is 20.2. The van der Waals surface area contributed by atoms with E-state index in [-0.39, 0.29) is 30.3 Å². The zero-order chi connectivity index (χ0) is 29.5. The Bertz CT molecular complexity index is 1210. The molecule has 0 aromatic heterocycles. The molecule has 0 aliphatic carbocycles. The third-order valence-electron chi connectivity index (χ3n) is 6.18. The highest BCUT2D eigenvalue weighted by Crippen LogP contribution is 2.44. The minimum Gasteiger partial charge on any atom is -0.465 e. The first kappa shape index (κ1) is 30.1. The van der Waals surface area contributed by atoms with Crippen LogP contribution in [0.1, 0.15) is 47.2 Å². The largest absolute Gasteiger partial charge is 0.465 e. The van der Waals surface area contributed by atoms with E-state index in [0.29, 0.717) is 24.3 Å². The molecule has 0 bridgehead atoms. The number of ether oxygens (including phenoxy) is 1. The summed E-state index contributed by atoms with van der Waals surface area (Å²) >= 11 is 0. The lowest BCUT2D eigenvalue weighted by Gasteiger charge is -2.43. The Morgan fingerprint density at radius 3 is 1.90 bits per heavy atom. The van der Waals surface area contributed by atoms with E-state index in [1.54, 1.807) is 0 Å². The van der Waals surface area contributed by atoms with Crippen molar-refractivity contribution in [3.05, 3.63) is 64.2 Å². The number of nitrogens with zero attached hydrogens (tertiary/aromatic N) is 2. The summed E-state index contributed by atoms with van der Waals surface area (Å²) in [5.41, 5.74) is -5.56. The van der Waals surface area contributed by atoms with Crippen LogP contribution in [0.2, 0.25) is 0 Å². The number of hydrogen-bond donors (Lipinski definition) is 1. The predicted molar refractivity (Wildman–Crippen MR) is 118 cm³/mol. The number of alkyl halides is 9. The minimum atomic E-state index is -5.17. The molecule has 2 amide bonds. The van der Waals surface area contributed by atoms with Crippen LogP contribution in [-0.2, 0) is 34.6 Å². The smallest absolute Gasteiger partial charge is 0.416 e. The predicted octanol–water partition coefficient (Wildman–Crippen LogP) is 6.74. The van der Waals surface area contributed by atoms with Crippen molar-refractivity contribution in [2.24, 2.45) is 0 Å². The number of rotatable bonds is 5. The van der Waals surface area contributed by atoms with Crippen molar-refractivity contribution < 1.29 is 58.9 Å². The van der Waals surface area contributed by atoms with Gasteiger partial charge in [0, 0.05) is 20.6 Å². The molecule has 0 spiro atoms. The molecule has 3 rings (SSSR count). The van der Waals surface area contributed by atoms with Crippen molar-refractivity contribution in [3.8, 4) is 0 Å². The van der Waals surface area contributed by atoms with Crippen molar-refractivity contribution in [3.63, 3.8) is 0 Å². The van der Waals surface area contributed by atoms with E-state index < -0.39 is 71.4 Å². The number of carbonyl (C=O) groups excluding carboxylic acids is 1. The molecular formula is C24H21F9N2O4. The summed E-state index contributed by atoms with van der Waals surface area (Å²) in [6.07, 6.45) is -17.1. The van der Waals surface area contributed by atoms with E-state index in [0.717, 1.165) is 22.8 Å². The van der Waals surface area contributed by atoms with Gasteiger partial charge >= 0.3 is 24.6 Å². The second-order valence-electron chi connectivity index (χ2n) is 8.85. The highest BCUT2D eigenvalue weighted by Gasteiger charge is 2.42. The molecule has 0 unspecified atom stereocenters. The molecule has 2 aromatic carbocycles. The quantitative estimate of drug-likeness (QED) is 0.404. The van der Waals surface area contributed by atoms with Gasteiger partial charge in [0.15, 0.2) is 0 Å². The summed E-state index contributed by atoms with van der Waals surface area (Å²) in [6.45, 7) is -0.160. The average Bonchev–Trinajstić information content (AvgIpc) is 2.79. The van der Waals surface area contributed by atoms with Gasteiger partial charge in [-0.1, -0.05) is 0 Å². The van der Waals surface area contributed by atoms with E-state index in [2.05, 4.69) is 0 Å². The molecule has 1 aliphatic heterocycles. The fourth-order valence-electron chi connectivity index (χ4n) is 4.54. The summed E-state index contributed by atoms with van der Waals surface area (Å²) in [7, 11) is 1.22. The lowest BCUT2D eigenvalue weighted by atomic mass is 9.88. The Morgan fingerprint density at radius 1 is 0.923 bits per heavy atom. The van der Waals surface area contributed by atoms with Crippen molar-refractivity contribution >= 4 is 17.7 Å². The van der Waals surface area contributed by atoms with Gasteiger partial charge < -0.3 is 14.7 Å². The molecule has 214 valence electrons. The van der Waals surface area contributed by atoms with Crippen LogP contribution in [-0.4, -0.2) is 41.8 Å². The van der Waals surface area contributed by atoms with Gasteiger partial charge in [-0.05, 0) is 53.9 Å². The summed E-state index contributed by atoms with van der Waals surface area (Å²) < 4.78 is 126. The number of carbonyl (C=O) groups is 2. The lowest BCUT2D eigenvalue weighted by Crippen LogP contribution is -2.49. The van der Waals surface area contributed by atoms with Crippen LogP contribution in [0, 0.1) is 0 Å². The molecular weight excluding hydrogens is 551 g/mol. The second kappa shape index (κ2) is 10.6. The Hall–Kier alpha value is -3.49. The van der Waals surface area contributed by atoms with Crippen LogP contribution in [0.4, 0.5) is 50.0 Å². The topological polar surface area (TPSA) is 70.1 Å². The molecule has 2 aromatic rings. The summed E-state index contributed by atoms with van der Waals surface area (Å²) in [5.74, 6) is -0.880. The van der Waals surface area contributed by atoms with Crippen molar-refractivity contribution in [2.75, 3.05) is 18.6 Å². The third kappa shape index (κ3) is 6.57. The maximum atomic E-state index is 13.5. The number of amides is 2. The molecule has 1 N–H and O–H groups in total. The minimum absolute atomic E-state index is 0.0908. The van der Waals surface area contributed by atoms with Crippen LogP contribution < -0.4 is 4.90 Å². The second-order valence-corrected chi connectivity index (χ2v) is 8.85. The number of fused-ring (bicyclic) bond motifs is 1. The van der Waals surface area contributed by atoms with Gasteiger partial charge in [-0.3, -0.25) is 9.69 Å². The van der Waals surface area contributed by atoms with Crippen molar-refractivity contribution in [1.82, 2.24) is 4.90 Å². The van der Waals surface area contributed by atoms with Gasteiger partial charge in [0.2, 0.25) is 5.91 Å². The van der Waals surface area contributed by atoms with Gasteiger partial charge in [-0.2, -0.15) is 39.5 Å². The van der Waals surface area contributed by atoms with Crippen LogP contribution in [0.5, 0.6) is 0 Å². The van der Waals surface area contributed by atoms with E-state index in [1.807, 2.05) is 0 Å². The molecule has 6 nitrogen and oxygen atoms in total. The SMILES string of the molecule is COC[C@@H]1C[C@H](N(Cc2cc(C(F)(F)F)cc(C(F)(F)F)c2)C(C)=O)c2cc(C(F)(F)F)ccc2N1C(=O)O. The van der Waals surface area contributed by atoms with Crippen LogP contribution >= 0.6 is 0 Å². The molecule has 1 heterocycles. The van der Waals surface area contributed by atoms with Gasteiger partial charge in [0.25, 0.3) is 0 Å². The van der Waals surface area contributed by atoms with Crippen molar-refractivity contribution in [1.29, 1.82) is 0 Å². The average molecular weight is 572 g/mol. The van der Waals surface area contributed by atoms with Crippen LogP contribution in [0.15, 0.2) is 36.4 Å². The Labute approximate surface area is 215 Å². The first-order chi connectivity index (χ1) is 17.8. The van der Waals surface area contributed by atoms with Gasteiger partial charge in [-0.25, -0.2) is 4.79 Å². The van der Waals surface area contributed by atoms with E-state index in [9.17, 15) is 54.2 Å². The standard InChI is InChI=1S/C24H21F9N2O4/c1-12(36)34(10-13-5-15(23(28,29)30)7-16(6-13)24(31,32)33)20-9-17(11-39-2)35(21(37)38)19-4-3-14(8-18(19)20)22(25,26)27/h3-8,17,20H,9-11H2,1-2H3,(H,37,38)/t17-,20-/m0/s1. The summed E-state index contributed by atoms with van der Waals surface area (Å²) in [5, 5.41) is 9.75. The lowest BCUT2D eigenvalue weighted by molar-refractivity contribution is -0.143. The molecule has 0 saturated heterocycles. The fourth-order valence-corrected chi connectivity index (χ4v) is 4.54. The van der Waals surface area contributed by atoms with Gasteiger partial charge in [0.1, 0.15) is 0 Å². The molecule has 39 heavy (non-hydrogen) atoms. The first-order valence-electron chi connectivity index (χ1n) is 11.1. The van der Waals surface area contributed by atoms with Gasteiger partial charge in [-0.15, -0.1) is 0 Å². The number of halogens is 9. The number of hydrogen-bond acceptors (Lipinski definition) is 3. The van der Waals surface area contributed by atoms with E-state index in [4.69, 9.17) is 4.74 Å². The maximum absolute atomic E-state index is 13.5. The monoisotopic (exact) mass is 572 g/mol. The van der Waals surface area contributed by atoms with Crippen LogP contribution in [0.3, 0.4) is 0 Å². The third-order valence-corrected chi connectivity index (χ3v) is 6.18. The van der Waals surface area contributed by atoms with Crippen LogP contribution in [0.25, 0.3) is 0 Å². The summed E-state index contributed by atoms with van der Waals surface area (Å²) in [6, 6.07) is 0.464. The molecule has 0 saturated carbocycles. The Kier molecular flexibility index (Phi) is 8.16. The van der Waals surface area contributed by atoms with Crippen molar-refractivity contribution in [2.45, 2.75) is 50.5 Å². The number of benzene rings is 2. The highest BCUT2D eigenvalue weighted by atomic mass is 19.4. The number of anilines is 1. The van der Waals surface area contributed by atoms with E-state index >= 15 is 0 Å². The Balaban J connectivity index is 2.20. The maximum Gasteiger partial charge on any atom is 0.416 e. The number of methoxy groups -OCH3 is 1. The molecule has 0 fully saturated rings. The fraction of sp³-hybridized carbons (Fsp3) is 0.417. The van der Waals surface area contributed by atoms with Gasteiger partial charge in [0.05, 0.1) is 41.1 Å². The number of carboxylic acid groups (broad SMARTS) is 1. The van der Waals surface area contributed by atoms with E-state index in [1.165, 1.54) is 7.11 Å².